The molecular weight excluding hydrogens is 291 g/mol. The molecule has 0 amide bonds. The van der Waals surface area contributed by atoms with Crippen molar-refractivity contribution in [3.05, 3.63) is 48.5 Å². The van der Waals surface area contributed by atoms with Gasteiger partial charge in [-0.1, -0.05) is 18.2 Å². The molecular formula is C18H21BO4. The highest BCUT2D eigenvalue weighted by Gasteiger charge is 2.52. The van der Waals surface area contributed by atoms with Crippen LogP contribution >= 0.6 is 0 Å². The number of benzene rings is 2. The maximum absolute atomic E-state index is 9.86. The molecule has 120 valence electrons. The van der Waals surface area contributed by atoms with Crippen LogP contribution in [-0.4, -0.2) is 23.4 Å². The molecule has 1 aliphatic heterocycles. The lowest BCUT2D eigenvalue weighted by Gasteiger charge is -2.32. The lowest BCUT2D eigenvalue weighted by Crippen LogP contribution is -2.41. The molecule has 0 aliphatic carbocycles. The molecule has 1 N–H and O–H groups in total. The minimum Gasteiger partial charge on any atom is -0.508 e. The van der Waals surface area contributed by atoms with Gasteiger partial charge in [0, 0.05) is 5.46 Å². The van der Waals surface area contributed by atoms with Crippen molar-refractivity contribution in [3.8, 4) is 17.2 Å². The summed E-state index contributed by atoms with van der Waals surface area (Å²) >= 11 is 0. The Morgan fingerprint density at radius 3 is 2.13 bits per heavy atom. The van der Waals surface area contributed by atoms with Crippen LogP contribution in [0.3, 0.4) is 0 Å². The first-order chi connectivity index (χ1) is 10.8. The molecule has 1 saturated heterocycles. The highest BCUT2D eigenvalue weighted by Crippen LogP contribution is 2.37. The summed E-state index contributed by atoms with van der Waals surface area (Å²) < 4.78 is 18.1. The van der Waals surface area contributed by atoms with Crippen molar-refractivity contribution in [2.24, 2.45) is 0 Å². The van der Waals surface area contributed by atoms with Crippen LogP contribution in [0.15, 0.2) is 48.5 Å². The molecule has 0 atom stereocenters. The lowest BCUT2D eigenvalue weighted by atomic mass is 9.78. The van der Waals surface area contributed by atoms with Crippen LogP contribution in [0.4, 0.5) is 0 Å². The van der Waals surface area contributed by atoms with E-state index in [1.54, 1.807) is 18.2 Å². The average molecular weight is 312 g/mol. The van der Waals surface area contributed by atoms with E-state index in [1.807, 2.05) is 58.0 Å². The zero-order valence-corrected chi connectivity index (χ0v) is 13.9. The Balaban J connectivity index is 1.95. The Hall–Kier alpha value is -1.98. The van der Waals surface area contributed by atoms with E-state index in [1.165, 1.54) is 0 Å². The molecule has 2 aromatic carbocycles. The molecule has 0 spiro atoms. The molecule has 5 heteroatoms. The molecule has 0 unspecified atom stereocenters. The Morgan fingerprint density at radius 1 is 0.913 bits per heavy atom. The number of hydrogen-bond acceptors (Lipinski definition) is 4. The average Bonchev–Trinajstić information content (AvgIpc) is 2.70. The van der Waals surface area contributed by atoms with E-state index >= 15 is 0 Å². The van der Waals surface area contributed by atoms with Gasteiger partial charge in [0.05, 0.1) is 11.2 Å². The standard InChI is InChI=1S/C18H21BO4/c1-17(2)18(3,4)23-19(22-17)15-12-13(20)10-11-16(15)21-14-8-6-5-7-9-14/h5-12,20H,1-4H3. The predicted octanol–water partition coefficient (Wildman–Crippen LogP) is 3.48. The summed E-state index contributed by atoms with van der Waals surface area (Å²) in [6.07, 6.45) is 0. The second kappa shape index (κ2) is 5.58. The van der Waals surface area contributed by atoms with Crippen LogP contribution in [0.2, 0.25) is 0 Å². The van der Waals surface area contributed by atoms with E-state index in [-0.39, 0.29) is 5.75 Å². The molecule has 3 rings (SSSR count). The second-order valence-electron chi connectivity index (χ2n) is 6.73. The highest BCUT2D eigenvalue weighted by molar-refractivity contribution is 6.63. The van der Waals surface area contributed by atoms with Crippen molar-refractivity contribution in [1.82, 2.24) is 0 Å². The van der Waals surface area contributed by atoms with E-state index in [2.05, 4.69) is 0 Å². The monoisotopic (exact) mass is 312 g/mol. The van der Waals surface area contributed by atoms with Crippen molar-refractivity contribution in [1.29, 1.82) is 0 Å². The fraction of sp³-hybridized carbons (Fsp3) is 0.333. The number of para-hydroxylation sites is 1. The summed E-state index contributed by atoms with van der Waals surface area (Å²) in [5.74, 6) is 1.47. The number of hydrogen-bond donors (Lipinski definition) is 1. The molecule has 2 aromatic rings. The molecule has 4 nitrogen and oxygen atoms in total. The third-order valence-electron chi connectivity index (χ3n) is 4.47. The summed E-state index contributed by atoms with van der Waals surface area (Å²) in [7, 11) is -0.592. The van der Waals surface area contributed by atoms with Crippen molar-refractivity contribution in [3.63, 3.8) is 0 Å². The van der Waals surface area contributed by atoms with Crippen LogP contribution < -0.4 is 10.2 Å². The minimum atomic E-state index is -0.592. The predicted molar refractivity (Wildman–Crippen MR) is 90.3 cm³/mol. The molecule has 0 bridgehead atoms. The zero-order chi connectivity index (χ0) is 16.7. The van der Waals surface area contributed by atoms with Crippen molar-refractivity contribution < 1.29 is 19.2 Å². The van der Waals surface area contributed by atoms with E-state index in [4.69, 9.17) is 14.0 Å². The first kappa shape index (κ1) is 15.9. The largest absolute Gasteiger partial charge is 0.508 e. The number of rotatable bonds is 3. The molecule has 0 saturated carbocycles. The van der Waals surface area contributed by atoms with Gasteiger partial charge in [-0.25, -0.2) is 0 Å². The Kier molecular flexibility index (Phi) is 3.86. The molecule has 0 aromatic heterocycles. The Labute approximate surface area is 137 Å². The number of phenols is 1. The van der Waals surface area contributed by atoms with E-state index in [9.17, 15) is 5.11 Å². The molecule has 1 heterocycles. The van der Waals surface area contributed by atoms with Crippen LogP contribution in [0.5, 0.6) is 17.2 Å². The number of ether oxygens (including phenoxy) is 1. The van der Waals surface area contributed by atoms with E-state index in [0.29, 0.717) is 11.2 Å². The van der Waals surface area contributed by atoms with Crippen LogP contribution in [0.25, 0.3) is 0 Å². The topological polar surface area (TPSA) is 47.9 Å². The normalized spacial score (nSPS) is 18.9. The fourth-order valence-corrected chi connectivity index (χ4v) is 2.40. The highest BCUT2D eigenvalue weighted by atomic mass is 16.7. The first-order valence-corrected chi connectivity index (χ1v) is 7.70. The molecule has 0 radical (unpaired) electrons. The molecule has 1 aliphatic rings. The Morgan fingerprint density at radius 2 is 1.52 bits per heavy atom. The minimum absolute atomic E-state index is 0.148. The first-order valence-electron chi connectivity index (χ1n) is 7.70. The van der Waals surface area contributed by atoms with Crippen molar-refractivity contribution >= 4 is 12.6 Å². The van der Waals surface area contributed by atoms with Crippen LogP contribution in [0, 0.1) is 0 Å². The smallest absolute Gasteiger partial charge is 0.498 e. The van der Waals surface area contributed by atoms with Gasteiger partial charge < -0.3 is 19.2 Å². The van der Waals surface area contributed by atoms with Gasteiger partial charge in [-0.05, 0) is 58.0 Å². The van der Waals surface area contributed by atoms with Gasteiger partial charge in [0.2, 0.25) is 0 Å². The van der Waals surface area contributed by atoms with Crippen molar-refractivity contribution in [2.45, 2.75) is 38.9 Å². The van der Waals surface area contributed by atoms with Gasteiger partial charge in [0.25, 0.3) is 0 Å². The SMILES string of the molecule is CC1(C)OB(c2cc(O)ccc2Oc2ccccc2)OC1(C)C. The maximum Gasteiger partial charge on any atom is 0.498 e. The zero-order valence-electron chi connectivity index (χ0n) is 13.9. The fourth-order valence-electron chi connectivity index (χ4n) is 2.40. The van der Waals surface area contributed by atoms with Crippen LogP contribution in [0.1, 0.15) is 27.7 Å². The van der Waals surface area contributed by atoms with E-state index < -0.39 is 18.3 Å². The summed E-state index contributed by atoms with van der Waals surface area (Å²) in [5.41, 5.74) is -0.229. The molecule has 23 heavy (non-hydrogen) atoms. The number of aromatic hydroxyl groups is 1. The van der Waals surface area contributed by atoms with Gasteiger partial charge in [0.15, 0.2) is 0 Å². The lowest BCUT2D eigenvalue weighted by molar-refractivity contribution is 0.00578. The maximum atomic E-state index is 9.86. The summed E-state index contributed by atoms with van der Waals surface area (Å²) in [5, 5.41) is 9.86. The summed E-state index contributed by atoms with van der Waals surface area (Å²) in [6, 6.07) is 14.4. The number of phenolic OH excluding ortho intramolecular Hbond substituents is 1. The third kappa shape index (κ3) is 3.07. The van der Waals surface area contributed by atoms with E-state index in [0.717, 1.165) is 5.75 Å². The third-order valence-corrected chi connectivity index (χ3v) is 4.47. The Bertz CT molecular complexity index is 681. The van der Waals surface area contributed by atoms with Gasteiger partial charge >= 0.3 is 7.12 Å². The van der Waals surface area contributed by atoms with Crippen molar-refractivity contribution in [2.75, 3.05) is 0 Å². The quantitative estimate of drug-likeness (QED) is 0.882. The summed E-state index contributed by atoms with van der Waals surface area (Å²) in [4.78, 5) is 0. The van der Waals surface area contributed by atoms with Crippen LogP contribution in [-0.2, 0) is 9.31 Å². The van der Waals surface area contributed by atoms with Gasteiger partial charge in [-0.2, -0.15) is 0 Å². The molecule has 1 fully saturated rings. The second-order valence-corrected chi connectivity index (χ2v) is 6.73. The summed E-state index contributed by atoms with van der Waals surface area (Å²) in [6.45, 7) is 7.97. The van der Waals surface area contributed by atoms with Gasteiger partial charge in [0.1, 0.15) is 17.2 Å². The van der Waals surface area contributed by atoms with Gasteiger partial charge in [-0.3, -0.25) is 0 Å². The van der Waals surface area contributed by atoms with Gasteiger partial charge in [-0.15, -0.1) is 0 Å².